The van der Waals surface area contributed by atoms with Crippen molar-refractivity contribution in [2.45, 2.75) is 39.7 Å². The molecular weight excluding hydrogens is 190 g/mol. The maximum atomic E-state index is 10.1. The molecular formula is C12H25NO2. The van der Waals surface area contributed by atoms with Gasteiger partial charge in [-0.25, -0.2) is 0 Å². The van der Waals surface area contributed by atoms with Gasteiger partial charge in [0.25, 0.3) is 0 Å². The minimum absolute atomic E-state index is 0.286. The molecule has 3 nitrogen and oxygen atoms in total. The van der Waals surface area contributed by atoms with Crippen molar-refractivity contribution in [1.29, 1.82) is 0 Å². The Morgan fingerprint density at radius 3 is 2.47 bits per heavy atom. The summed E-state index contributed by atoms with van der Waals surface area (Å²) < 4.78 is 5.18. The van der Waals surface area contributed by atoms with Gasteiger partial charge in [-0.15, -0.1) is 0 Å². The molecule has 0 amide bonds. The third kappa shape index (κ3) is 4.49. The number of rotatable bonds is 6. The molecule has 0 spiro atoms. The molecule has 0 aromatic heterocycles. The van der Waals surface area contributed by atoms with Gasteiger partial charge in [0.1, 0.15) is 0 Å². The molecule has 1 aliphatic rings. The van der Waals surface area contributed by atoms with Gasteiger partial charge in [0.15, 0.2) is 0 Å². The first kappa shape index (κ1) is 12.9. The Morgan fingerprint density at radius 1 is 1.47 bits per heavy atom. The van der Waals surface area contributed by atoms with Crippen LogP contribution in [0.1, 0.15) is 34.1 Å². The molecule has 0 aromatic carbocycles. The van der Waals surface area contributed by atoms with E-state index in [-0.39, 0.29) is 5.41 Å². The third-order valence-electron chi connectivity index (χ3n) is 2.81. The summed E-state index contributed by atoms with van der Waals surface area (Å²) in [4.78, 5) is 0. The van der Waals surface area contributed by atoms with Crippen LogP contribution >= 0.6 is 0 Å². The minimum Gasteiger partial charge on any atom is -0.389 e. The molecule has 1 rings (SSSR count). The molecule has 0 saturated carbocycles. The van der Waals surface area contributed by atoms with Gasteiger partial charge in [0.2, 0.25) is 0 Å². The fraction of sp³-hybridized carbons (Fsp3) is 1.00. The van der Waals surface area contributed by atoms with Crippen molar-refractivity contribution in [3.63, 3.8) is 0 Å². The zero-order valence-electron chi connectivity index (χ0n) is 10.5. The normalized spacial score (nSPS) is 23.6. The summed E-state index contributed by atoms with van der Waals surface area (Å²) in [5, 5.41) is 13.4. The fourth-order valence-corrected chi connectivity index (χ4v) is 2.14. The summed E-state index contributed by atoms with van der Waals surface area (Å²) in [5.41, 5.74) is -0.303. The summed E-state index contributed by atoms with van der Waals surface area (Å²) >= 11 is 0. The molecule has 15 heavy (non-hydrogen) atoms. The van der Waals surface area contributed by atoms with Crippen LogP contribution in [0.5, 0.6) is 0 Å². The van der Waals surface area contributed by atoms with Crippen LogP contribution in [0, 0.1) is 11.3 Å². The summed E-state index contributed by atoms with van der Waals surface area (Å²) in [7, 11) is 0. The van der Waals surface area contributed by atoms with Gasteiger partial charge in [-0.3, -0.25) is 0 Å². The van der Waals surface area contributed by atoms with E-state index in [0.29, 0.717) is 12.5 Å². The van der Waals surface area contributed by atoms with Crippen LogP contribution < -0.4 is 5.32 Å². The maximum absolute atomic E-state index is 10.1. The van der Waals surface area contributed by atoms with E-state index in [1.165, 1.54) is 0 Å². The molecule has 1 heterocycles. The number of ether oxygens (including phenoxy) is 1. The molecule has 0 radical (unpaired) electrons. The van der Waals surface area contributed by atoms with Crippen LogP contribution in [0.4, 0.5) is 0 Å². The third-order valence-corrected chi connectivity index (χ3v) is 2.81. The molecule has 0 aliphatic carbocycles. The van der Waals surface area contributed by atoms with Gasteiger partial charge in [-0.05, 0) is 19.3 Å². The van der Waals surface area contributed by atoms with Crippen molar-refractivity contribution in [3.05, 3.63) is 0 Å². The molecule has 90 valence electrons. The van der Waals surface area contributed by atoms with E-state index < -0.39 is 5.60 Å². The molecule has 1 fully saturated rings. The molecule has 1 aliphatic heterocycles. The summed E-state index contributed by atoms with van der Waals surface area (Å²) in [6, 6.07) is 0. The topological polar surface area (TPSA) is 41.5 Å². The minimum atomic E-state index is -0.588. The second kappa shape index (κ2) is 4.81. The van der Waals surface area contributed by atoms with Gasteiger partial charge in [0, 0.05) is 18.5 Å². The zero-order valence-corrected chi connectivity index (χ0v) is 10.5. The van der Waals surface area contributed by atoms with Gasteiger partial charge in [0.05, 0.1) is 18.8 Å². The van der Waals surface area contributed by atoms with Crippen LogP contribution in [-0.4, -0.2) is 37.0 Å². The predicted octanol–water partition coefficient (Wildman–Crippen LogP) is 1.41. The van der Waals surface area contributed by atoms with Crippen LogP contribution in [0.25, 0.3) is 0 Å². The van der Waals surface area contributed by atoms with Crippen molar-refractivity contribution >= 4 is 0 Å². The van der Waals surface area contributed by atoms with Crippen molar-refractivity contribution in [2.75, 3.05) is 26.3 Å². The first-order valence-corrected chi connectivity index (χ1v) is 5.84. The van der Waals surface area contributed by atoms with Crippen molar-refractivity contribution in [1.82, 2.24) is 5.32 Å². The van der Waals surface area contributed by atoms with E-state index >= 15 is 0 Å². The van der Waals surface area contributed by atoms with Crippen molar-refractivity contribution in [2.24, 2.45) is 11.3 Å². The SMILES string of the molecule is CC(C)CC(C)(O)CNCC1(C)COC1. The molecule has 3 heteroatoms. The number of hydrogen-bond acceptors (Lipinski definition) is 3. The molecule has 1 saturated heterocycles. The molecule has 0 aromatic rings. The largest absolute Gasteiger partial charge is 0.389 e. The summed E-state index contributed by atoms with van der Waals surface area (Å²) in [6.07, 6.45) is 0.840. The van der Waals surface area contributed by atoms with Crippen molar-refractivity contribution < 1.29 is 9.84 Å². The monoisotopic (exact) mass is 215 g/mol. The Bertz CT molecular complexity index is 198. The Kier molecular flexibility index (Phi) is 4.15. The lowest BCUT2D eigenvalue weighted by molar-refractivity contribution is -0.101. The molecule has 1 unspecified atom stereocenters. The predicted molar refractivity (Wildman–Crippen MR) is 61.9 cm³/mol. The van der Waals surface area contributed by atoms with E-state index in [0.717, 1.165) is 26.2 Å². The smallest absolute Gasteiger partial charge is 0.0746 e. The lowest BCUT2D eigenvalue weighted by atomic mass is 9.88. The average Bonchev–Trinajstić information content (AvgIpc) is 1.98. The van der Waals surface area contributed by atoms with Crippen LogP contribution in [0.3, 0.4) is 0 Å². The Balaban J connectivity index is 2.18. The van der Waals surface area contributed by atoms with Crippen molar-refractivity contribution in [3.8, 4) is 0 Å². The summed E-state index contributed by atoms with van der Waals surface area (Å²) in [6.45, 7) is 11.7. The first-order chi connectivity index (χ1) is 6.83. The fourth-order valence-electron chi connectivity index (χ4n) is 2.14. The standard InChI is InChI=1S/C12H25NO2/c1-10(2)5-12(4,14)7-13-6-11(3)8-15-9-11/h10,13-14H,5-9H2,1-4H3. The van der Waals surface area contributed by atoms with E-state index in [2.05, 4.69) is 26.1 Å². The first-order valence-electron chi connectivity index (χ1n) is 5.84. The van der Waals surface area contributed by atoms with Crippen LogP contribution in [0.2, 0.25) is 0 Å². The second-order valence-electron chi connectivity index (χ2n) is 6.00. The average molecular weight is 215 g/mol. The van der Waals surface area contributed by atoms with Crippen LogP contribution in [0.15, 0.2) is 0 Å². The highest BCUT2D eigenvalue weighted by Crippen LogP contribution is 2.25. The number of hydrogen-bond donors (Lipinski definition) is 2. The Hall–Kier alpha value is -0.120. The maximum Gasteiger partial charge on any atom is 0.0746 e. The van der Waals surface area contributed by atoms with Gasteiger partial charge >= 0.3 is 0 Å². The van der Waals surface area contributed by atoms with Crippen LogP contribution in [-0.2, 0) is 4.74 Å². The van der Waals surface area contributed by atoms with E-state index in [1.807, 2.05) is 6.92 Å². The molecule has 2 N–H and O–H groups in total. The number of nitrogens with one attached hydrogen (secondary N) is 1. The van der Waals surface area contributed by atoms with Gasteiger partial charge < -0.3 is 15.2 Å². The quantitative estimate of drug-likeness (QED) is 0.704. The van der Waals surface area contributed by atoms with Gasteiger partial charge in [-0.1, -0.05) is 20.8 Å². The lowest BCUT2D eigenvalue weighted by Gasteiger charge is -2.39. The molecule has 0 bridgehead atoms. The Morgan fingerprint density at radius 2 is 2.07 bits per heavy atom. The van der Waals surface area contributed by atoms with E-state index in [9.17, 15) is 5.11 Å². The number of aliphatic hydroxyl groups is 1. The highest BCUT2D eigenvalue weighted by molar-refractivity contribution is 4.85. The highest BCUT2D eigenvalue weighted by atomic mass is 16.5. The van der Waals surface area contributed by atoms with Gasteiger partial charge in [-0.2, -0.15) is 0 Å². The van der Waals surface area contributed by atoms with E-state index in [1.54, 1.807) is 0 Å². The van der Waals surface area contributed by atoms with E-state index in [4.69, 9.17) is 4.74 Å². The lowest BCUT2D eigenvalue weighted by Crippen LogP contribution is -2.50. The zero-order chi connectivity index (χ0) is 11.5. The molecule has 1 atom stereocenters. The Labute approximate surface area is 93.2 Å². The second-order valence-corrected chi connectivity index (χ2v) is 6.00. The highest BCUT2D eigenvalue weighted by Gasteiger charge is 2.33. The summed E-state index contributed by atoms with van der Waals surface area (Å²) in [5.74, 6) is 0.532.